The van der Waals surface area contributed by atoms with Crippen molar-refractivity contribution in [3.63, 3.8) is 0 Å². The molecule has 0 saturated heterocycles. The molecule has 0 bridgehead atoms. The van der Waals surface area contributed by atoms with E-state index in [1.54, 1.807) is 13.2 Å². The van der Waals surface area contributed by atoms with Crippen molar-refractivity contribution in [1.82, 2.24) is 0 Å². The van der Waals surface area contributed by atoms with Crippen molar-refractivity contribution >= 4 is 11.7 Å². The summed E-state index contributed by atoms with van der Waals surface area (Å²) in [5, 5.41) is 0. The van der Waals surface area contributed by atoms with Gasteiger partial charge in [0.2, 0.25) is 0 Å². The summed E-state index contributed by atoms with van der Waals surface area (Å²) in [6.07, 6.45) is -0.109. The van der Waals surface area contributed by atoms with Crippen LogP contribution in [0.15, 0.2) is 12.1 Å². The Morgan fingerprint density at radius 2 is 2.00 bits per heavy atom. The van der Waals surface area contributed by atoms with Gasteiger partial charge in [0.1, 0.15) is 6.61 Å². The average Bonchev–Trinajstić information content (AvgIpc) is 2.30. The highest BCUT2D eigenvalue weighted by atomic mass is 16.6. The molecule has 0 aliphatic heterocycles. The van der Waals surface area contributed by atoms with Gasteiger partial charge in [0.25, 0.3) is 0 Å². The number of carbonyl (C=O) groups is 1. The zero-order valence-corrected chi connectivity index (χ0v) is 10.7. The zero-order valence-electron chi connectivity index (χ0n) is 10.7. The first-order valence-corrected chi connectivity index (χ1v) is 5.52. The number of nitrogens with two attached hydrogens (primary N) is 1. The average molecular weight is 237 g/mol. The summed E-state index contributed by atoms with van der Waals surface area (Å²) in [7, 11) is 1.58. The lowest BCUT2D eigenvalue weighted by Gasteiger charge is -2.12. The fourth-order valence-corrected chi connectivity index (χ4v) is 1.43. The monoisotopic (exact) mass is 237 g/mol. The van der Waals surface area contributed by atoms with Gasteiger partial charge in [-0.2, -0.15) is 0 Å². The summed E-state index contributed by atoms with van der Waals surface area (Å²) in [6, 6.07) is 3.54. The van der Waals surface area contributed by atoms with Crippen LogP contribution < -0.4 is 5.73 Å². The second kappa shape index (κ2) is 5.68. The first-order valence-electron chi connectivity index (χ1n) is 5.52. The van der Waals surface area contributed by atoms with E-state index in [1.165, 1.54) is 0 Å². The van der Waals surface area contributed by atoms with Crippen LogP contribution in [0.3, 0.4) is 0 Å². The van der Waals surface area contributed by atoms with Crippen molar-refractivity contribution < 1.29 is 14.3 Å². The summed E-state index contributed by atoms with van der Waals surface area (Å²) in [4.78, 5) is 11.8. The van der Waals surface area contributed by atoms with E-state index in [9.17, 15) is 4.79 Å². The van der Waals surface area contributed by atoms with E-state index in [0.29, 0.717) is 11.3 Å². The van der Waals surface area contributed by atoms with Gasteiger partial charge < -0.3 is 15.2 Å². The van der Waals surface area contributed by atoms with Crippen LogP contribution in [0.5, 0.6) is 0 Å². The minimum absolute atomic E-state index is 0.109. The molecular formula is C13H19NO3. The molecule has 0 aromatic heterocycles. The minimum Gasteiger partial charge on any atom is -0.459 e. The summed E-state index contributed by atoms with van der Waals surface area (Å²) < 4.78 is 10.1. The third-order valence-electron chi connectivity index (χ3n) is 2.68. The molecule has 4 nitrogen and oxygen atoms in total. The fraction of sp³-hybridized carbons (Fsp3) is 0.462. The maximum absolute atomic E-state index is 11.8. The SMILES string of the molecule is COC(C)COC(=O)c1cc(N)c(C)cc1C. The molecule has 0 saturated carbocycles. The van der Waals surface area contributed by atoms with Crippen LogP contribution in [-0.4, -0.2) is 25.8 Å². The Morgan fingerprint density at radius 3 is 2.59 bits per heavy atom. The lowest BCUT2D eigenvalue weighted by atomic mass is 10.0. The van der Waals surface area contributed by atoms with Crippen molar-refractivity contribution in [3.8, 4) is 0 Å². The van der Waals surface area contributed by atoms with Gasteiger partial charge in [-0.3, -0.25) is 0 Å². The van der Waals surface area contributed by atoms with Gasteiger partial charge in [-0.1, -0.05) is 6.07 Å². The molecule has 1 rings (SSSR count). The van der Waals surface area contributed by atoms with E-state index in [4.69, 9.17) is 15.2 Å². The van der Waals surface area contributed by atoms with E-state index >= 15 is 0 Å². The number of hydrogen-bond donors (Lipinski definition) is 1. The van der Waals surface area contributed by atoms with Crippen molar-refractivity contribution in [2.45, 2.75) is 26.9 Å². The molecule has 1 atom stereocenters. The quantitative estimate of drug-likeness (QED) is 0.643. The number of carbonyl (C=O) groups excluding carboxylic acids is 1. The van der Waals surface area contributed by atoms with Crippen LogP contribution in [0.1, 0.15) is 28.4 Å². The molecule has 0 heterocycles. The third-order valence-corrected chi connectivity index (χ3v) is 2.68. The fourth-order valence-electron chi connectivity index (χ4n) is 1.43. The van der Waals surface area contributed by atoms with E-state index in [0.717, 1.165) is 11.1 Å². The molecule has 1 aromatic rings. The maximum atomic E-state index is 11.8. The highest BCUT2D eigenvalue weighted by Crippen LogP contribution is 2.18. The van der Waals surface area contributed by atoms with Gasteiger partial charge in [-0.25, -0.2) is 4.79 Å². The van der Waals surface area contributed by atoms with E-state index in [2.05, 4.69) is 0 Å². The Bertz CT molecular complexity index is 415. The molecule has 94 valence electrons. The summed E-state index contributed by atoms with van der Waals surface area (Å²) in [6.45, 7) is 5.85. The summed E-state index contributed by atoms with van der Waals surface area (Å²) in [5.41, 5.74) is 8.72. The van der Waals surface area contributed by atoms with Gasteiger partial charge in [0.05, 0.1) is 11.7 Å². The molecule has 1 unspecified atom stereocenters. The van der Waals surface area contributed by atoms with Gasteiger partial charge in [0.15, 0.2) is 0 Å². The van der Waals surface area contributed by atoms with E-state index in [-0.39, 0.29) is 18.7 Å². The highest BCUT2D eigenvalue weighted by Gasteiger charge is 2.13. The Morgan fingerprint density at radius 1 is 1.35 bits per heavy atom. The minimum atomic E-state index is -0.363. The molecule has 4 heteroatoms. The Kier molecular flexibility index (Phi) is 4.52. The largest absolute Gasteiger partial charge is 0.459 e. The molecule has 0 aliphatic rings. The van der Waals surface area contributed by atoms with Crippen molar-refractivity contribution in [3.05, 3.63) is 28.8 Å². The topological polar surface area (TPSA) is 61.5 Å². The number of ether oxygens (including phenoxy) is 2. The van der Waals surface area contributed by atoms with Gasteiger partial charge in [0, 0.05) is 12.8 Å². The predicted molar refractivity (Wildman–Crippen MR) is 67.1 cm³/mol. The van der Waals surface area contributed by atoms with Crippen molar-refractivity contribution in [1.29, 1.82) is 0 Å². The number of anilines is 1. The summed E-state index contributed by atoms with van der Waals surface area (Å²) in [5.74, 6) is -0.363. The molecule has 1 aromatic carbocycles. The number of esters is 1. The number of nitrogen functional groups attached to an aromatic ring is 1. The van der Waals surface area contributed by atoms with Crippen LogP contribution in [0, 0.1) is 13.8 Å². The van der Waals surface area contributed by atoms with Gasteiger partial charge in [-0.05, 0) is 38.0 Å². The number of rotatable bonds is 4. The maximum Gasteiger partial charge on any atom is 0.338 e. The molecule has 0 spiro atoms. The number of benzene rings is 1. The molecule has 0 fully saturated rings. The molecule has 0 amide bonds. The summed E-state index contributed by atoms with van der Waals surface area (Å²) >= 11 is 0. The van der Waals surface area contributed by atoms with Crippen molar-refractivity contribution in [2.75, 3.05) is 19.5 Å². The van der Waals surface area contributed by atoms with Crippen LogP contribution >= 0.6 is 0 Å². The van der Waals surface area contributed by atoms with Crippen LogP contribution in [0.25, 0.3) is 0 Å². The normalized spacial score (nSPS) is 12.2. The number of hydrogen-bond acceptors (Lipinski definition) is 4. The predicted octanol–water partition coefficient (Wildman–Crippen LogP) is 2.08. The molecule has 0 aliphatic carbocycles. The van der Waals surface area contributed by atoms with E-state index < -0.39 is 0 Å². The van der Waals surface area contributed by atoms with E-state index in [1.807, 2.05) is 26.8 Å². The smallest absolute Gasteiger partial charge is 0.338 e. The number of aryl methyl sites for hydroxylation is 2. The van der Waals surface area contributed by atoms with Gasteiger partial charge in [-0.15, -0.1) is 0 Å². The standard InChI is InChI=1S/C13H19NO3/c1-8-5-9(2)12(14)6-11(8)13(15)17-7-10(3)16-4/h5-6,10H,7,14H2,1-4H3. The third kappa shape index (κ3) is 3.46. The Labute approximate surface area is 102 Å². The van der Waals surface area contributed by atoms with Gasteiger partial charge >= 0.3 is 5.97 Å². The molecule has 0 radical (unpaired) electrons. The lowest BCUT2D eigenvalue weighted by Crippen LogP contribution is -2.18. The van der Waals surface area contributed by atoms with Crippen molar-refractivity contribution in [2.24, 2.45) is 0 Å². The highest BCUT2D eigenvalue weighted by molar-refractivity contribution is 5.92. The molecular weight excluding hydrogens is 218 g/mol. The Balaban J connectivity index is 2.79. The Hall–Kier alpha value is -1.55. The zero-order chi connectivity index (χ0) is 13.0. The first kappa shape index (κ1) is 13.5. The van der Waals surface area contributed by atoms with Crippen LogP contribution in [-0.2, 0) is 9.47 Å². The second-order valence-electron chi connectivity index (χ2n) is 4.17. The van der Waals surface area contributed by atoms with Crippen LogP contribution in [0.2, 0.25) is 0 Å². The lowest BCUT2D eigenvalue weighted by molar-refractivity contribution is 0.0168. The molecule has 2 N–H and O–H groups in total. The number of methoxy groups -OCH3 is 1. The first-order chi connectivity index (χ1) is 7.95. The molecule has 17 heavy (non-hydrogen) atoms. The van der Waals surface area contributed by atoms with Crippen LogP contribution in [0.4, 0.5) is 5.69 Å². The second-order valence-corrected chi connectivity index (χ2v) is 4.17.